The van der Waals surface area contributed by atoms with E-state index in [9.17, 15) is 4.79 Å². The van der Waals surface area contributed by atoms with Crippen LogP contribution in [0.4, 0.5) is 11.8 Å². The molecule has 2 aromatic heterocycles. The quantitative estimate of drug-likeness (QED) is 0.557. The van der Waals surface area contributed by atoms with Crippen molar-refractivity contribution in [2.45, 2.75) is 26.6 Å². The molecule has 0 radical (unpaired) electrons. The maximum absolute atomic E-state index is 12.4. The van der Waals surface area contributed by atoms with Crippen LogP contribution in [-0.2, 0) is 24.4 Å². The first-order valence-electron chi connectivity index (χ1n) is 9.94. The van der Waals surface area contributed by atoms with Crippen molar-refractivity contribution in [3.05, 3.63) is 58.8 Å². The maximum Gasteiger partial charge on any atom is 0.343 e. The van der Waals surface area contributed by atoms with Gasteiger partial charge in [-0.25, -0.2) is 14.8 Å². The van der Waals surface area contributed by atoms with Gasteiger partial charge in [-0.2, -0.15) is 4.98 Å². The molecule has 0 bridgehead atoms. The zero-order chi connectivity index (χ0) is 21.8. The number of ether oxygens (including phenoxy) is 2. The van der Waals surface area contributed by atoms with Crippen LogP contribution in [0.3, 0.4) is 0 Å². The average Bonchev–Trinajstić information content (AvgIpc) is 3.25. The highest BCUT2D eigenvalue weighted by Gasteiger charge is 2.22. The summed E-state index contributed by atoms with van der Waals surface area (Å²) in [5, 5.41) is 3.74. The molecule has 1 aliphatic heterocycles. The predicted molar refractivity (Wildman–Crippen MR) is 117 cm³/mol. The lowest BCUT2D eigenvalue weighted by molar-refractivity contribution is 0.0526. The van der Waals surface area contributed by atoms with Crippen molar-refractivity contribution in [2.75, 3.05) is 30.5 Å². The van der Waals surface area contributed by atoms with Crippen LogP contribution in [-0.4, -0.2) is 45.7 Å². The Morgan fingerprint density at radius 1 is 1.29 bits per heavy atom. The van der Waals surface area contributed by atoms with Crippen molar-refractivity contribution in [1.29, 1.82) is 0 Å². The summed E-state index contributed by atoms with van der Waals surface area (Å²) in [4.78, 5) is 27.9. The largest absolute Gasteiger partial charge is 0.495 e. The lowest BCUT2D eigenvalue weighted by Crippen LogP contribution is -2.35. The lowest BCUT2D eigenvalue weighted by atomic mass is 10.2. The van der Waals surface area contributed by atoms with Crippen LogP contribution in [0.5, 0.6) is 5.75 Å². The van der Waals surface area contributed by atoms with Crippen molar-refractivity contribution in [3.63, 3.8) is 0 Å². The molecule has 10 heteroatoms. The first-order valence-corrected chi connectivity index (χ1v) is 10.3. The third kappa shape index (κ3) is 4.56. The zero-order valence-corrected chi connectivity index (χ0v) is 18.1. The Morgan fingerprint density at radius 2 is 2.16 bits per heavy atom. The molecular weight excluding hydrogens is 420 g/mol. The van der Waals surface area contributed by atoms with Gasteiger partial charge in [0, 0.05) is 38.2 Å². The molecular formula is C21H23ClN6O3. The molecule has 0 atom stereocenters. The Morgan fingerprint density at radius 3 is 2.94 bits per heavy atom. The molecule has 31 heavy (non-hydrogen) atoms. The second kappa shape index (κ2) is 9.22. The molecule has 0 aliphatic carbocycles. The second-order valence-electron chi connectivity index (χ2n) is 6.93. The minimum absolute atomic E-state index is 0.267. The number of carbonyl (C=O) groups excluding carboxylic acids is 1. The average molecular weight is 443 g/mol. The van der Waals surface area contributed by atoms with Gasteiger partial charge in [-0.05, 0) is 24.6 Å². The molecule has 0 amide bonds. The summed E-state index contributed by atoms with van der Waals surface area (Å²) in [6.45, 7) is 4.58. The predicted octanol–water partition coefficient (Wildman–Crippen LogP) is 3.14. The van der Waals surface area contributed by atoms with E-state index in [-0.39, 0.29) is 12.2 Å². The maximum atomic E-state index is 12.4. The number of carbonyl (C=O) groups is 1. The van der Waals surface area contributed by atoms with E-state index in [2.05, 4.69) is 24.8 Å². The van der Waals surface area contributed by atoms with Crippen molar-refractivity contribution < 1.29 is 14.3 Å². The number of esters is 1. The van der Waals surface area contributed by atoms with E-state index in [0.717, 1.165) is 24.5 Å². The number of halogens is 1. The van der Waals surface area contributed by atoms with E-state index in [1.165, 1.54) is 6.20 Å². The monoisotopic (exact) mass is 442 g/mol. The van der Waals surface area contributed by atoms with E-state index in [4.69, 9.17) is 21.1 Å². The van der Waals surface area contributed by atoms with Gasteiger partial charge in [-0.1, -0.05) is 17.7 Å². The van der Waals surface area contributed by atoms with Crippen molar-refractivity contribution >= 4 is 29.3 Å². The zero-order valence-electron chi connectivity index (χ0n) is 17.3. The van der Waals surface area contributed by atoms with Crippen LogP contribution >= 0.6 is 11.6 Å². The van der Waals surface area contributed by atoms with Crippen LogP contribution in [0.15, 0.2) is 36.8 Å². The SMILES string of the molecule is CCOC(=O)c1cnc(N2CCn3ccnc3C2)nc1NCc1ccc(OC)c(Cl)c1. The summed E-state index contributed by atoms with van der Waals surface area (Å²) in [7, 11) is 1.57. The fourth-order valence-corrected chi connectivity index (χ4v) is 3.65. The van der Waals surface area contributed by atoms with Gasteiger partial charge in [-0.15, -0.1) is 0 Å². The number of anilines is 2. The molecule has 1 aromatic carbocycles. The van der Waals surface area contributed by atoms with E-state index in [1.54, 1.807) is 26.3 Å². The molecule has 9 nitrogen and oxygen atoms in total. The highest BCUT2D eigenvalue weighted by molar-refractivity contribution is 6.32. The summed E-state index contributed by atoms with van der Waals surface area (Å²) in [5.74, 6) is 2.01. The fraction of sp³-hybridized carbons (Fsp3) is 0.333. The number of rotatable bonds is 7. The van der Waals surface area contributed by atoms with Gasteiger partial charge in [0.2, 0.25) is 5.95 Å². The third-order valence-corrected chi connectivity index (χ3v) is 5.27. The molecule has 1 aliphatic rings. The molecule has 0 spiro atoms. The highest BCUT2D eigenvalue weighted by Crippen LogP contribution is 2.26. The molecule has 0 unspecified atom stereocenters. The van der Waals surface area contributed by atoms with E-state index in [1.807, 2.05) is 23.2 Å². The molecule has 0 fully saturated rings. The summed E-state index contributed by atoms with van der Waals surface area (Å²) in [5.41, 5.74) is 1.20. The number of imidazole rings is 1. The van der Waals surface area contributed by atoms with Gasteiger partial charge >= 0.3 is 5.97 Å². The Labute approximate surface area is 185 Å². The van der Waals surface area contributed by atoms with E-state index < -0.39 is 5.97 Å². The fourth-order valence-electron chi connectivity index (χ4n) is 3.37. The molecule has 4 rings (SSSR count). The van der Waals surface area contributed by atoms with Crippen molar-refractivity contribution in [3.8, 4) is 5.75 Å². The van der Waals surface area contributed by atoms with Crippen LogP contribution in [0.2, 0.25) is 5.02 Å². The van der Waals surface area contributed by atoms with Gasteiger partial charge in [0.05, 0.1) is 25.3 Å². The van der Waals surface area contributed by atoms with Crippen LogP contribution < -0.4 is 15.0 Å². The molecule has 0 saturated heterocycles. The molecule has 0 saturated carbocycles. The Balaban J connectivity index is 1.58. The molecule has 3 heterocycles. The Kier molecular flexibility index (Phi) is 6.22. The second-order valence-corrected chi connectivity index (χ2v) is 7.34. The van der Waals surface area contributed by atoms with Gasteiger partial charge in [0.15, 0.2) is 0 Å². The smallest absolute Gasteiger partial charge is 0.343 e. The van der Waals surface area contributed by atoms with E-state index >= 15 is 0 Å². The van der Waals surface area contributed by atoms with Crippen LogP contribution in [0.25, 0.3) is 0 Å². The summed E-state index contributed by atoms with van der Waals surface area (Å²) < 4.78 is 12.5. The normalized spacial score (nSPS) is 12.9. The number of nitrogens with zero attached hydrogens (tertiary/aromatic N) is 5. The minimum Gasteiger partial charge on any atom is -0.495 e. The summed E-state index contributed by atoms with van der Waals surface area (Å²) >= 11 is 6.23. The van der Waals surface area contributed by atoms with E-state index in [0.29, 0.717) is 35.6 Å². The number of benzene rings is 1. The van der Waals surface area contributed by atoms with Gasteiger partial charge in [0.1, 0.15) is 23.0 Å². The summed E-state index contributed by atoms with van der Waals surface area (Å²) in [6, 6.07) is 5.51. The van der Waals surface area contributed by atoms with Crippen molar-refractivity contribution in [1.82, 2.24) is 19.5 Å². The first kappa shape index (κ1) is 20.9. The first-order chi connectivity index (χ1) is 15.1. The van der Waals surface area contributed by atoms with Gasteiger partial charge in [0.25, 0.3) is 0 Å². The Hall–Kier alpha value is -3.33. The Bertz CT molecular complexity index is 1090. The van der Waals surface area contributed by atoms with Crippen LogP contribution in [0.1, 0.15) is 28.7 Å². The van der Waals surface area contributed by atoms with Gasteiger partial charge < -0.3 is 24.3 Å². The number of nitrogens with one attached hydrogen (secondary N) is 1. The van der Waals surface area contributed by atoms with Gasteiger partial charge in [-0.3, -0.25) is 0 Å². The molecule has 1 N–H and O–H groups in total. The van der Waals surface area contributed by atoms with Crippen molar-refractivity contribution in [2.24, 2.45) is 0 Å². The molecule has 3 aromatic rings. The number of hydrogen-bond donors (Lipinski definition) is 1. The number of hydrogen-bond acceptors (Lipinski definition) is 8. The third-order valence-electron chi connectivity index (χ3n) is 4.98. The standard InChI is InChI=1S/C21H23ClN6O3/c1-3-31-20(29)15-12-25-21(28-9-8-27-7-6-23-18(27)13-28)26-19(15)24-11-14-4-5-17(30-2)16(22)10-14/h4-7,10,12H,3,8-9,11,13H2,1-2H3,(H,24,25,26). The summed E-state index contributed by atoms with van der Waals surface area (Å²) in [6.07, 6.45) is 5.26. The number of methoxy groups -OCH3 is 1. The highest BCUT2D eigenvalue weighted by atomic mass is 35.5. The molecule has 162 valence electrons. The lowest BCUT2D eigenvalue weighted by Gasteiger charge is -2.28. The number of fused-ring (bicyclic) bond motifs is 1. The van der Waals surface area contributed by atoms with Crippen LogP contribution in [0, 0.1) is 0 Å². The number of aromatic nitrogens is 4. The minimum atomic E-state index is -0.474. The topological polar surface area (TPSA) is 94.4 Å².